The van der Waals surface area contributed by atoms with Gasteiger partial charge in [-0.25, -0.2) is 0 Å². The van der Waals surface area contributed by atoms with E-state index in [4.69, 9.17) is 0 Å². The Morgan fingerprint density at radius 3 is 2.33 bits per heavy atom. The Hall–Kier alpha value is -3.47. The summed E-state index contributed by atoms with van der Waals surface area (Å²) in [4.78, 5) is 30.8. The number of rotatable bonds is 5. The van der Waals surface area contributed by atoms with Gasteiger partial charge in [-0.05, 0) is 30.7 Å². The number of hydrogen-bond donors (Lipinski definition) is 1. The van der Waals surface area contributed by atoms with Gasteiger partial charge in [-0.15, -0.1) is 0 Å². The normalized spacial score (nSPS) is 10.3. The second-order valence-corrected chi connectivity index (χ2v) is 6.43. The van der Waals surface area contributed by atoms with Gasteiger partial charge in [-0.1, -0.05) is 48.0 Å². The van der Waals surface area contributed by atoms with Crippen LogP contribution in [0.15, 0.2) is 73.1 Å². The summed E-state index contributed by atoms with van der Waals surface area (Å²) in [5.41, 5.74) is 3.57. The molecule has 136 valence electrons. The Morgan fingerprint density at radius 2 is 1.63 bits per heavy atom. The third-order valence-electron chi connectivity index (χ3n) is 4.17. The minimum Gasteiger partial charge on any atom is -0.337 e. The van der Waals surface area contributed by atoms with Crippen molar-refractivity contribution in [1.29, 1.82) is 0 Å². The molecule has 3 rings (SSSR count). The number of hydrogen-bond acceptors (Lipinski definition) is 3. The minimum atomic E-state index is -0.299. The van der Waals surface area contributed by atoms with Crippen LogP contribution in [-0.2, 0) is 6.54 Å². The van der Waals surface area contributed by atoms with Crippen LogP contribution >= 0.6 is 0 Å². The predicted molar refractivity (Wildman–Crippen MR) is 106 cm³/mol. The zero-order chi connectivity index (χ0) is 19.2. The number of carbonyl (C=O) groups excluding carboxylic acids is 2. The first-order chi connectivity index (χ1) is 13.0. The molecule has 1 N–H and O–H groups in total. The minimum absolute atomic E-state index is 0.184. The molecule has 0 aliphatic heterocycles. The van der Waals surface area contributed by atoms with Crippen LogP contribution in [0.1, 0.15) is 31.8 Å². The van der Waals surface area contributed by atoms with Crippen molar-refractivity contribution in [1.82, 2.24) is 9.88 Å². The molecular formula is C22H21N3O2. The summed E-state index contributed by atoms with van der Waals surface area (Å²) in [5, 5.41) is 2.82. The van der Waals surface area contributed by atoms with E-state index in [1.807, 2.05) is 61.5 Å². The van der Waals surface area contributed by atoms with Gasteiger partial charge in [0.1, 0.15) is 0 Å². The zero-order valence-electron chi connectivity index (χ0n) is 15.3. The van der Waals surface area contributed by atoms with Crippen LogP contribution in [0, 0.1) is 6.92 Å². The van der Waals surface area contributed by atoms with E-state index in [2.05, 4.69) is 10.3 Å². The number of benzene rings is 2. The molecule has 0 spiro atoms. The van der Waals surface area contributed by atoms with Crippen LogP contribution < -0.4 is 5.32 Å². The lowest BCUT2D eigenvalue weighted by atomic mass is 10.1. The summed E-state index contributed by atoms with van der Waals surface area (Å²) < 4.78 is 0. The molecule has 5 heteroatoms. The molecule has 0 saturated carbocycles. The van der Waals surface area contributed by atoms with E-state index >= 15 is 0 Å². The molecule has 2 amide bonds. The molecule has 1 aromatic heterocycles. The van der Waals surface area contributed by atoms with Crippen molar-refractivity contribution >= 4 is 17.5 Å². The quantitative estimate of drug-likeness (QED) is 0.751. The summed E-state index contributed by atoms with van der Waals surface area (Å²) >= 11 is 0. The van der Waals surface area contributed by atoms with Crippen molar-refractivity contribution in [2.45, 2.75) is 13.5 Å². The topological polar surface area (TPSA) is 62.3 Å². The smallest absolute Gasteiger partial charge is 0.257 e. The molecule has 0 unspecified atom stereocenters. The van der Waals surface area contributed by atoms with Crippen molar-refractivity contribution in [2.75, 3.05) is 12.4 Å². The highest BCUT2D eigenvalue weighted by Gasteiger charge is 2.15. The van der Waals surface area contributed by atoms with Gasteiger partial charge in [0.15, 0.2) is 0 Å². The number of aromatic nitrogens is 1. The number of amides is 2. The number of aryl methyl sites for hydroxylation is 1. The molecule has 5 nitrogen and oxygen atoms in total. The molecule has 0 fully saturated rings. The van der Waals surface area contributed by atoms with Gasteiger partial charge < -0.3 is 10.2 Å². The Balaban J connectivity index is 1.71. The maximum absolute atomic E-state index is 12.7. The van der Waals surface area contributed by atoms with Crippen LogP contribution in [-0.4, -0.2) is 28.7 Å². The highest BCUT2D eigenvalue weighted by molar-refractivity contribution is 6.05. The van der Waals surface area contributed by atoms with Gasteiger partial charge in [-0.3, -0.25) is 14.6 Å². The van der Waals surface area contributed by atoms with Crippen LogP contribution in [0.3, 0.4) is 0 Å². The summed E-state index contributed by atoms with van der Waals surface area (Å²) in [6, 6.07) is 18.8. The molecule has 3 aromatic rings. The molecule has 0 radical (unpaired) electrons. The Morgan fingerprint density at radius 1 is 0.963 bits per heavy atom. The lowest BCUT2D eigenvalue weighted by Crippen LogP contribution is -2.26. The van der Waals surface area contributed by atoms with Crippen LogP contribution in [0.4, 0.5) is 5.69 Å². The molecule has 0 aliphatic rings. The maximum atomic E-state index is 12.7. The van der Waals surface area contributed by atoms with E-state index < -0.39 is 0 Å². The van der Waals surface area contributed by atoms with Gasteiger partial charge in [-0.2, -0.15) is 0 Å². The van der Waals surface area contributed by atoms with Crippen LogP contribution in [0.2, 0.25) is 0 Å². The molecule has 0 atom stereocenters. The summed E-state index contributed by atoms with van der Waals surface area (Å²) in [7, 11) is 1.73. The van der Waals surface area contributed by atoms with E-state index in [0.717, 1.165) is 11.1 Å². The van der Waals surface area contributed by atoms with Gasteiger partial charge in [0, 0.05) is 31.7 Å². The van der Waals surface area contributed by atoms with E-state index in [1.165, 1.54) is 12.4 Å². The summed E-state index contributed by atoms with van der Waals surface area (Å²) in [5.74, 6) is -0.483. The van der Waals surface area contributed by atoms with E-state index in [9.17, 15) is 9.59 Å². The van der Waals surface area contributed by atoms with E-state index in [-0.39, 0.29) is 11.8 Å². The molecular weight excluding hydrogens is 338 g/mol. The first-order valence-corrected chi connectivity index (χ1v) is 8.65. The molecule has 0 bridgehead atoms. The third kappa shape index (κ3) is 4.79. The second kappa shape index (κ2) is 8.27. The molecule has 0 aliphatic carbocycles. The third-order valence-corrected chi connectivity index (χ3v) is 4.17. The fourth-order valence-corrected chi connectivity index (χ4v) is 2.67. The van der Waals surface area contributed by atoms with Gasteiger partial charge in [0.05, 0.1) is 11.1 Å². The summed E-state index contributed by atoms with van der Waals surface area (Å²) in [6.07, 6.45) is 2.93. The van der Waals surface area contributed by atoms with Gasteiger partial charge in [0.25, 0.3) is 11.8 Å². The van der Waals surface area contributed by atoms with E-state index in [0.29, 0.717) is 23.4 Å². The maximum Gasteiger partial charge on any atom is 0.257 e. The molecule has 1 heterocycles. The fourth-order valence-electron chi connectivity index (χ4n) is 2.67. The van der Waals surface area contributed by atoms with Gasteiger partial charge >= 0.3 is 0 Å². The van der Waals surface area contributed by atoms with Crippen molar-refractivity contribution < 1.29 is 9.59 Å². The van der Waals surface area contributed by atoms with Crippen molar-refractivity contribution in [2.24, 2.45) is 0 Å². The lowest BCUT2D eigenvalue weighted by Gasteiger charge is -2.17. The zero-order valence-corrected chi connectivity index (χ0v) is 15.3. The average Bonchev–Trinajstić information content (AvgIpc) is 2.70. The van der Waals surface area contributed by atoms with Crippen LogP contribution in [0.25, 0.3) is 0 Å². The fraction of sp³-hybridized carbons (Fsp3) is 0.136. The first-order valence-electron chi connectivity index (χ1n) is 8.65. The highest BCUT2D eigenvalue weighted by Crippen LogP contribution is 2.13. The van der Waals surface area contributed by atoms with E-state index in [1.54, 1.807) is 18.0 Å². The number of nitrogens with zero attached hydrogens (tertiary/aromatic N) is 2. The number of carbonyl (C=O) groups is 2. The average molecular weight is 359 g/mol. The molecule has 0 saturated heterocycles. The van der Waals surface area contributed by atoms with Gasteiger partial charge in [0.2, 0.25) is 0 Å². The van der Waals surface area contributed by atoms with Crippen molar-refractivity contribution in [3.63, 3.8) is 0 Å². The first kappa shape index (κ1) is 18.3. The largest absolute Gasteiger partial charge is 0.337 e. The summed E-state index contributed by atoms with van der Waals surface area (Å²) in [6.45, 7) is 2.47. The Bertz CT molecular complexity index is 937. The molecule has 2 aromatic carbocycles. The second-order valence-electron chi connectivity index (χ2n) is 6.43. The standard InChI is InChI=1S/C22H21N3O2/c1-16-8-10-20(11-9-16)24-21(26)18-12-19(14-23-13-18)22(27)25(2)15-17-6-4-3-5-7-17/h3-14H,15H2,1-2H3,(H,24,26). The van der Waals surface area contributed by atoms with Crippen LogP contribution in [0.5, 0.6) is 0 Å². The van der Waals surface area contributed by atoms with Crippen molar-refractivity contribution in [3.05, 3.63) is 95.3 Å². The Kier molecular flexibility index (Phi) is 5.61. The predicted octanol–water partition coefficient (Wildman–Crippen LogP) is 3.91. The molecule has 27 heavy (non-hydrogen) atoms. The highest BCUT2D eigenvalue weighted by atomic mass is 16.2. The van der Waals surface area contributed by atoms with Crippen molar-refractivity contribution in [3.8, 4) is 0 Å². The number of nitrogens with one attached hydrogen (secondary N) is 1. The number of pyridine rings is 1. The lowest BCUT2D eigenvalue weighted by molar-refractivity contribution is 0.0784. The Labute approximate surface area is 158 Å². The SMILES string of the molecule is Cc1ccc(NC(=O)c2cncc(C(=O)N(C)Cc3ccccc3)c2)cc1. The monoisotopic (exact) mass is 359 g/mol. The number of anilines is 1.